The third-order valence-electron chi connectivity index (χ3n) is 4.68. The maximum absolute atomic E-state index is 6.03. The lowest BCUT2D eigenvalue weighted by Crippen LogP contribution is -2.47. The van der Waals surface area contributed by atoms with E-state index in [0.717, 1.165) is 25.0 Å². The van der Waals surface area contributed by atoms with Gasteiger partial charge in [0.25, 0.3) is 0 Å². The molecule has 0 unspecified atom stereocenters. The van der Waals surface area contributed by atoms with Crippen LogP contribution in [-0.2, 0) is 9.47 Å². The van der Waals surface area contributed by atoms with Crippen LogP contribution in [0.3, 0.4) is 0 Å². The summed E-state index contributed by atoms with van der Waals surface area (Å²) in [5.41, 5.74) is 0. The third-order valence-corrected chi connectivity index (χ3v) is 5.87. The van der Waals surface area contributed by atoms with Crippen molar-refractivity contribution in [3.8, 4) is 0 Å². The highest BCUT2D eigenvalue weighted by Gasteiger charge is 2.60. The van der Waals surface area contributed by atoms with E-state index in [1.54, 1.807) is 0 Å². The molecule has 3 aliphatic carbocycles. The zero-order valence-corrected chi connectivity index (χ0v) is 11.2. The van der Waals surface area contributed by atoms with Gasteiger partial charge in [-0.25, -0.2) is 0 Å². The topological polar surface area (TPSA) is 18.5 Å². The Morgan fingerprint density at radius 1 is 1.19 bits per heavy atom. The smallest absolute Gasteiger partial charge is 0.204 e. The molecule has 1 aliphatic heterocycles. The summed E-state index contributed by atoms with van der Waals surface area (Å²) in [6, 6.07) is 0. The maximum Gasteiger partial charge on any atom is 0.204 e. The van der Waals surface area contributed by atoms with Crippen molar-refractivity contribution in [1.29, 1.82) is 0 Å². The molecule has 0 amide bonds. The number of rotatable bonds is 0. The Labute approximate surface area is 109 Å². The monoisotopic (exact) mass is 330 g/mol. The van der Waals surface area contributed by atoms with Gasteiger partial charge in [-0.15, -0.1) is 0 Å². The lowest BCUT2D eigenvalue weighted by Gasteiger charge is -2.43. The van der Waals surface area contributed by atoms with Gasteiger partial charge in [0.2, 0.25) is 5.79 Å². The van der Waals surface area contributed by atoms with E-state index in [9.17, 15) is 0 Å². The zero-order chi connectivity index (χ0) is 10.8. The highest BCUT2D eigenvalue weighted by Crippen LogP contribution is 2.60. The second-order valence-electron chi connectivity index (χ2n) is 5.29. The Kier molecular flexibility index (Phi) is 2.10. The molecule has 2 bridgehead atoms. The Hall–Kier alpha value is 0.130. The molecule has 4 aliphatic rings. The van der Waals surface area contributed by atoms with Crippen molar-refractivity contribution in [2.24, 2.45) is 23.7 Å². The molecule has 1 heterocycles. The molecule has 16 heavy (non-hydrogen) atoms. The van der Waals surface area contributed by atoms with Gasteiger partial charge < -0.3 is 9.47 Å². The minimum atomic E-state index is -0.367. The van der Waals surface area contributed by atoms with E-state index in [-0.39, 0.29) is 5.79 Å². The molecule has 4 atom stereocenters. The molecule has 0 aromatic heterocycles. The predicted octanol–water partition coefficient (Wildman–Crippen LogP) is 2.89. The number of allylic oxidation sites excluding steroid dienone is 3. The van der Waals surface area contributed by atoms with Crippen molar-refractivity contribution in [3.63, 3.8) is 0 Å². The number of hydrogen-bond acceptors (Lipinski definition) is 2. The first-order valence-corrected chi connectivity index (χ1v) is 7.21. The molecule has 3 heteroatoms. The molecular formula is C13H15IO2. The van der Waals surface area contributed by atoms with Gasteiger partial charge in [-0.2, -0.15) is 0 Å². The van der Waals surface area contributed by atoms with Crippen molar-refractivity contribution in [2.45, 2.75) is 18.6 Å². The Morgan fingerprint density at radius 3 is 2.75 bits per heavy atom. The Balaban J connectivity index is 1.81. The molecule has 1 spiro atoms. The van der Waals surface area contributed by atoms with Crippen LogP contribution in [-0.4, -0.2) is 19.0 Å². The van der Waals surface area contributed by atoms with Crippen molar-refractivity contribution in [3.05, 3.63) is 21.8 Å². The van der Waals surface area contributed by atoms with Crippen LogP contribution in [0, 0.1) is 23.7 Å². The average Bonchev–Trinajstić information content (AvgIpc) is 2.99. The summed E-state index contributed by atoms with van der Waals surface area (Å²) in [5.74, 6) is 2.42. The van der Waals surface area contributed by atoms with Gasteiger partial charge in [0, 0.05) is 9.50 Å². The van der Waals surface area contributed by atoms with Gasteiger partial charge in [0.15, 0.2) is 0 Å². The zero-order valence-electron chi connectivity index (χ0n) is 9.06. The first kappa shape index (κ1) is 10.1. The summed E-state index contributed by atoms with van der Waals surface area (Å²) in [5, 5.41) is 0. The van der Waals surface area contributed by atoms with Gasteiger partial charge in [-0.1, -0.05) is 18.2 Å². The van der Waals surface area contributed by atoms with Crippen molar-refractivity contribution in [1.82, 2.24) is 0 Å². The molecule has 2 nitrogen and oxygen atoms in total. The molecule has 1 saturated carbocycles. The normalized spacial score (nSPS) is 47.4. The molecular weight excluding hydrogens is 315 g/mol. The fourth-order valence-corrected chi connectivity index (χ4v) is 5.03. The van der Waals surface area contributed by atoms with Crippen molar-refractivity contribution >= 4 is 22.6 Å². The highest BCUT2D eigenvalue weighted by molar-refractivity contribution is 14.1. The molecule has 1 saturated heterocycles. The van der Waals surface area contributed by atoms with E-state index in [2.05, 4.69) is 40.8 Å². The molecule has 0 aromatic carbocycles. The SMILES string of the molecule is IC1=CC[C@H]2[C@H]([C@H]3C=C[C@@H]2C3)C12OCCO2. The van der Waals surface area contributed by atoms with Gasteiger partial charge in [-0.05, 0) is 53.2 Å². The van der Waals surface area contributed by atoms with Crippen LogP contribution in [0.1, 0.15) is 12.8 Å². The van der Waals surface area contributed by atoms with Gasteiger partial charge in [-0.3, -0.25) is 0 Å². The second-order valence-corrected chi connectivity index (χ2v) is 6.45. The summed E-state index contributed by atoms with van der Waals surface area (Å²) in [6.07, 6.45) is 9.68. The van der Waals surface area contributed by atoms with E-state index >= 15 is 0 Å². The molecule has 4 rings (SSSR count). The molecule has 86 valence electrons. The van der Waals surface area contributed by atoms with E-state index in [1.165, 1.54) is 16.4 Å². The van der Waals surface area contributed by atoms with Crippen LogP contribution in [0.15, 0.2) is 21.8 Å². The number of halogens is 1. The average molecular weight is 330 g/mol. The van der Waals surface area contributed by atoms with Crippen LogP contribution >= 0.6 is 22.6 Å². The standard InChI is InChI=1S/C13H15IO2/c14-11-4-3-10-8-1-2-9(7-8)12(10)13(11)15-5-6-16-13/h1-2,4,8-10,12H,3,5-7H2/t8-,9+,10-,12+/m1/s1. The van der Waals surface area contributed by atoms with E-state index < -0.39 is 0 Å². The Bertz CT molecular complexity index is 381. The third kappa shape index (κ3) is 1.10. The predicted molar refractivity (Wildman–Crippen MR) is 69.1 cm³/mol. The van der Waals surface area contributed by atoms with Crippen LogP contribution in [0.2, 0.25) is 0 Å². The highest BCUT2D eigenvalue weighted by atomic mass is 127. The minimum absolute atomic E-state index is 0.367. The second kappa shape index (κ2) is 3.33. The Morgan fingerprint density at radius 2 is 1.94 bits per heavy atom. The summed E-state index contributed by atoms with van der Waals surface area (Å²) < 4.78 is 13.3. The number of ether oxygens (including phenoxy) is 2. The van der Waals surface area contributed by atoms with Gasteiger partial charge in [0.05, 0.1) is 13.2 Å². The summed E-state index contributed by atoms with van der Waals surface area (Å²) in [4.78, 5) is 0. The number of hydrogen-bond donors (Lipinski definition) is 0. The van der Waals surface area contributed by atoms with E-state index in [0.29, 0.717) is 11.8 Å². The minimum Gasteiger partial charge on any atom is -0.343 e. The van der Waals surface area contributed by atoms with E-state index in [4.69, 9.17) is 9.47 Å². The van der Waals surface area contributed by atoms with Gasteiger partial charge >= 0.3 is 0 Å². The molecule has 2 fully saturated rings. The van der Waals surface area contributed by atoms with Gasteiger partial charge in [0.1, 0.15) is 0 Å². The summed E-state index contributed by atoms with van der Waals surface area (Å²) >= 11 is 2.42. The summed E-state index contributed by atoms with van der Waals surface area (Å²) in [7, 11) is 0. The van der Waals surface area contributed by atoms with Crippen molar-refractivity contribution < 1.29 is 9.47 Å². The molecule has 0 radical (unpaired) electrons. The fourth-order valence-electron chi connectivity index (χ4n) is 4.11. The van der Waals surface area contributed by atoms with Crippen LogP contribution in [0.25, 0.3) is 0 Å². The largest absolute Gasteiger partial charge is 0.343 e. The lowest BCUT2D eigenvalue weighted by atomic mass is 9.73. The van der Waals surface area contributed by atoms with Crippen LogP contribution in [0.4, 0.5) is 0 Å². The van der Waals surface area contributed by atoms with Crippen LogP contribution in [0.5, 0.6) is 0 Å². The molecule has 0 N–H and O–H groups in total. The maximum atomic E-state index is 6.03. The van der Waals surface area contributed by atoms with Crippen LogP contribution < -0.4 is 0 Å². The summed E-state index contributed by atoms with van der Waals surface area (Å²) in [6.45, 7) is 1.51. The first-order valence-electron chi connectivity index (χ1n) is 6.13. The first-order chi connectivity index (χ1) is 7.81. The molecule has 0 aromatic rings. The van der Waals surface area contributed by atoms with E-state index in [1.807, 2.05) is 0 Å². The number of fused-ring (bicyclic) bond motifs is 6. The quantitative estimate of drug-likeness (QED) is 0.502. The fraction of sp³-hybridized carbons (Fsp3) is 0.692. The lowest BCUT2D eigenvalue weighted by molar-refractivity contribution is -0.179. The van der Waals surface area contributed by atoms with Crippen molar-refractivity contribution in [2.75, 3.05) is 13.2 Å².